The van der Waals surface area contributed by atoms with Crippen LogP contribution in [0, 0.1) is 34.0 Å². The lowest BCUT2D eigenvalue weighted by atomic mass is 9.40. The van der Waals surface area contributed by atoms with Crippen molar-refractivity contribution in [3.8, 4) is 0 Å². The van der Waals surface area contributed by atoms with Crippen molar-refractivity contribution in [1.29, 1.82) is 0 Å². The standard InChI is InChI=1S/C21H34O2/c1-14-8-9-16-20(4)12-7-11-19(2,3)15(20)10-13-21(16,5)17(14)18(22)23-6/h8,15-17H,7,9-13H2,1-6H3/t15?,16?,17?,20-,21+/m0/s1. The quantitative estimate of drug-likeness (QED) is 0.479. The van der Waals surface area contributed by atoms with Crippen LogP contribution in [0.5, 0.6) is 0 Å². The summed E-state index contributed by atoms with van der Waals surface area (Å²) < 4.78 is 5.20. The molecule has 2 heteroatoms. The van der Waals surface area contributed by atoms with Crippen molar-refractivity contribution in [3.05, 3.63) is 11.6 Å². The minimum absolute atomic E-state index is 0.0249. The average Bonchev–Trinajstić information content (AvgIpc) is 2.44. The Hall–Kier alpha value is -0.790. The maximum atomic E-state index is 12.6. The zero-order chi connectivity index (χ0) is 17.0. The van der Waals surface area contributed by atoms with Gasteiger partial charge in [-0.25, -0.2) is 0 Å². The summed E-state index contributed by atoms with van der Waals surface area (Å²) in [7, 11) is 1.54. The van der Waals surface area contributed by atoms with Crippen LogP contribution >= 0.6 is 0 Å². The summed E-state index contributed by atoms with van der Waals surface area (Å²) in [6.45, 7) is 12.0. The van der Waals surface area contributed by atoms with Gasteiger partial charge in [0.25, 0.3) is 0 Å². The Balaban J connectivity index is 2.05. The van der Waals surface area contributed by atoms with E-state index in [1.807, 2.05) is 0 Å². The molecule has 0 bridgehead atoms. The van der Waals surface area contributed by atoms with Gasteiger partial charge in [0.15, 0.2) is 0 Å². The molecule has 3 aliphatic rings. The predicted molar refractivity (Wildman–Crippen MR) is 93.9 cm³/mol. The highest BCUT2D eigenvalue weighted by Crippen LogP contribution is 2.68. The second-order valence-electron chi connectivity index (χ2n) is 9.64. The van der Waals surface area contributed by atoms with Gasteiger partial charge >= 0.3 is 5.97 Å². The van der Waals surface area contributed by atoms with E-state index in [1.165, 1.54) is 31.3 Å². The molecule has 5 atom stereocenters. The minimum Gasteiger partial charge on any atom is -0.469 e. The Morgan fingerprint density at radius 1 is 1.09 bits per heavy atom. The number of hydrogen-bond donors (Lipinski definition) is 0. The number of carbonyl (C=O) groups excluding carboxylic acids is 1. The molecular formula is C21H34O2. The Morgan fingerprint density at radius 3 is 2.43 bits per heavy atom. The van der Waals surface area contributed by atoms with Crippen molar-refractivity contribution >= 4 is 5.97 Å². The van der Waals surface area contributed by atoms with Crippen LogP contribution < -0.4 is 0 Å². The van der Waals surface area contributed by atoms with E-state index in [0.29, 0.717) is 16.7 Å². The van der Waals surface area contributed by atoms with E-state index in [1.54, 1.807) is 7.11 Å². The molecule has 2 saturated carbocycles. The van der Waals surface area contributed by atoms with Gasteiger partial charge in [-0.3, -0.25) is 4.79 Å². The summed E-state index contributed by atoms with van der Waals surface area (Å²) in [6, 6.07) is 0. The lowest BCUT2D eigenvalue weighted by molar-refractivity contribution is -0.169. The normalized spacial score (nSPS) is 45.5. The Morgan fingerprint density at radius 2 is 1.78 bits per heavy atom. The number of fused-ring (bicyclic) bond motifs is 3. The SMILES string of the molecule is COC(=O)C1C(C)=CCC2[C@@]1(C)CCC1C(C)(C)CCC[C@@]12C. The van der Waals surface area contributed by atoms with Gasteiger partial charge in [-0.05, 0) is 67.1 Å². The number of allylic oxidation sites excluding steroid dienone is 1. The first-order valence-electron chi connectivity index (χ1n) is 9.41. The van der Waals surface area contributed by atoms with Crippen LogP contribution in [0.1, 0.15) is 73.1 Å². The number of carbonyl (C=O) groups is 1. The van der Waals surface area contributed by atoms with Gasteiger partial charge < -0.3 is 4.74 Å². The van der Waals surface area contributed by atoms with E-state index in [0.717, 1.165) is 18.8 Å². The van der Waals surface area contributed by atoms with Crippen LogP contribution in [0.4, 0.5) is 0 Å². The van der Waals surface area contributed by atoms with Crippen molar-refractivity contribution < 1.29 is 9.53 Å². The third-order valence-electron chi connectivity index (χ3n) is 8.07. The Bertz CT molecular complexity index is 532. The first-order chi connectivity index (χ1) is 10.7. The van der Waals surface area contributed by atoms with E-state index >= 15 is 0 Å². The van der Waals surface area contributed by atoms with Crippen LogP contribution in [0.2, 0.25) is 0 Å². The van der Waals surface area contributed by atoms with Gasteiger partial charge in [-0.15, -0.1) is 0 Å². The van der Waals surface area contributed by atoms with E-state index in [9.17, 15) is 4.79 Å². The van der Waals surface area contributed by atoms with Crippen LogP contribution in [0.3, 0.4) is 0 Å². The van der Waals surface area contributed by atoms with Crippen LogP contribution in [0.25, 0.3) is 0 Å². The molecule has 3 rings (SSSR count). The van der Waals surface area contributed by atoms with Crippen molar-refractivity contribution in [2.75, 3.05) is 7.11 Å². The lowest BCUT2D eigenvalue weighted by Gasteiger charge is -2.64. The molecule has 0 aromatic carbocycles. The van der Waals surface area contributed by atoms with Crippen molar-refractivity contribution in [3.63, 3.8) is 0 Å². The number of methoxy groups -OCH3 is 1. The molecule has 0 radical (unpaired) electrons. The lowest BCUT2D eigenvalue weighted by Crippen LogP contribution is -2.58. The molecule has 130 valence electrons. The molecule has 0 spiro atoms. The van der Waals surface area contributed by atoms with Crippen LogP contribution in [-0.4, -0.2) is 13.1 Å². The van der Waals surface area contributed by atoms with E-state index in [-0.39, 0.29) is 17.3 Å². The molecule has 0 N–H and O–H groups in total. The second kappa shape index (κ2) is 5.36. The van der Waals surface area contributed by atoms with Gasteiger partial charge in [-0.2, -0.15) is 0 Å². The van der Waals surface area contributed by atoms with Gasteiger partial charge in [0.05, 0.1) is 13.0 Å². The fourth-order valence-electron chi connectivity index (χ4n) is 7.09. The molecule has 0 aromatic heterocycles. The average molecular weight is 319 g/mol. The molecule has 0 aliphatic heterocycles. The largest absolute Gasteiger partial charge is 0.469 e. The topological polar surface area (TPSA) is 26.3 Å². The number of hydrogen-bond acceptors (Lipinski definition) is 2. The van der Waals surface area contributed by atoms with E-state index < -0.39 is 0 Å². The minimum atomic E-state index is -0.0472. The van der Waals surface area contributed by atoms with Crippen molar-refractivity contribution in [2.24, 2.45) is 34.0 Å². The summed E-state index contributed by atoms with van der Waals surface area (Å²) in [4.78, 5) is 12.6. The van der Waals surface area contributed by atoms with E-state index in [2.05, 4.69) is 40.7 Å². The Labute approximate surface area is 142 Å². The zero-order valence-electron chi connectivity index (χ0n) is 15.9. The summed E-state index contributed by atoms with van der Waals surface area (Å²) in [5.74, 6) is 1.31. The van der Waals surface area contributed by atoms with Gasteiger partial charge in [0.2, 0.25) is 0 Å². The highest BCUT2D eigenvalue weighted by molar-refractivity contribution is 5.77. The van der Waals surface area contributed by atoms with Crippen LogP contribution in [0.15, 0.2) is 11.6 Å². The molecule has 3 unspecified atom stereocenters. The Kier molecular flexibility index (Phi) is 3.97. The van der Waals surface area contributed by atoms with Crippen LogP contribution in [-0.2, 0) is 9.53 Å². The monoisotopic (exact) mass is 318 g/mol. The zero-order valence-corrected chi connectivity index (χ0v) is 15.9. The highest BCUT2D eigenvalue weighted by Gasteiger charge is 2.61. The fourth-order valence-corrected chi connectivity index (χ4v) is 7.09. The van der Waals surface area contributed by atoms with Gasteiger partial charge in [-0.1, -0.05) is 45.8 Å². The molecule has 23 heavy (non-hydrogen) atoms. The molecule has 0 aromatic rings. The van der Waals surface area contributed by atoms with E-state index in [4.69, 9.17) is 4.74 Å². The first-order valence-corrected chi connectivity index (χ1v) is 9.41. The number of rotatable bonds is 1. The van der Waals surface area contributed by atoms with Gasteiger partial charge in [0.1, 0.15) is 0 Å². The highest BCUT2D eigenvalue weighted by atomic mass is 16.5. The third kappa shape index (κ3) is 2.31. The summed E-state index contributed by atoms with van der Waals surface area (Å²) in [5.41, 5.74) is 2.08. The molecule has 0 heterocycles. The number of esters is 1. The summed E-state index contributed by atoms with van der Waals surface area (Å²) >= 11 is 0. The molecule has 3 aliphatic carbocycles. The summed E-state index contributed by atoms with van der Waals surface area (Å²) in [6.07, 6.45) is 9.90. The number of ether oxygens (including phenoxy) is 1. The summed E-state index contributed by atoms with van der Waals surface area (Å²) in [5, 5.41) is 0. The third-order valence-corrected chi connectivity index (χ3v) is 8.07. The first kappa shape index (κ1) is 17.0. The molecule has 2 nitrogen and oxygen atoms in total. The maximum Gasteiger partial charge on any atom is 0.313 e. The smallest absolute Gasteiger partial charge is 0.313 e. The van der Waals surface area contributed by atoms with Crippen molar-refractivity contribution in [1.82, 2.24) is 0 Å². The molecule has 0 amide bonds. The van der Waals surface area contributed by atoms with Gasteiger partial charge in [0, 0.05) is 0 Å². The second-order valence-corrected chi connectivity index (χ2v) is 9.64. The molecule has 0 saturated heterocycles. The fraction of sp³-hybridized carbons (Fsp3) is 0.857. The maximum absolute atomic E-state index is 12.6. The molecular weight excluding hydrogens is 284 g/mol. The predicted octanol–water partition coefficient (Wildman–Crippen LogP) is 5.37. The molecule has 2 fully saturated rings. The van der Waals surface area contributed by atoms with Crippen molar-refractivity contribution in [2.45, 2.75) is 73.1 Å².